The van der Waals surface area contributed by atoms with Gasteiger partial charge >= 0.3 is 0 Å². The molecule has 2 rings (SSSR count). The van der Waals surface area contributed by atoms with Crippen molar-refractivity contribution in [2.75, 3.05) is 19.8 Å². The van der Waals surface area contributed by atoms with Crippen LogP contribution in [0.2, 0.25) is 5.02 Å². The van der Waals surface area contributed by atoms with Crippen molar-refractivity contribution in [3.8, 4) is 0 Å². The number of ether oxygens (including phenoxy) is 2. The molecule has 0 saturated carbocycles. The molecular formula is C14H17ClFNO3. The topological polar surface area (TPSA) is 47.6 Å². The van der Waals surface area contributed by atoms with Gasteiger partial charge < -0.3 is 14.8 Å². The SMILES string of the molecule is CCO[C@H]1COC[C@@H]1NC(=O)Cc1c(F)cccc1Cl. The maximum absolute atomic E-state index is 13.6. The lowest BCUT2D eigenvalue weighted by atomic mass is 10.1. The normalized spacial score (nSPS) is 21.9. The van der Waals surface area contributed by atoms with Crippen molar-refractivity contribution in [3.05, 3.63) is 34.6 Å². The standard InChI is InChI=1S/C14H17ClFNO3/c1-2-20-13-8-19-7-12(13)17-14(18)6-9-10(15)4-3-5-11(9)16/h3-5,12-13H,2,6-8H2,1H3,(H,17,18)/t12-,13-/m0/s1. The van der Waals surface area contributed by atoms with Crippen molar-refractivity contribution in [3.63, 3.8) is 0 Å². The first-order valence-electron chi connectivity index (χ1n) is 6.53. The van der Waals surface area contributed by atoms with Crippen molar-refractivity contribution in [2.45, 2.75) is 25.5 Å². The molecule has 2 atom stereocenters. The van der Waals surface area contributed by atoms with Gasteiger partial charge in [0.15, 0.2) is 0 Å². The Morgan fingerprint density at radius 3 is 3.05 bits per heavy atom. The summed E-state index contributed by atoms with van der Waals surface area (Å²) in [5.74, 6) is -0.770. The minimum atomic E-state index is -0.475. The Morgan fingerprint density at radius 2 is 2.35 bits per heavy atom. The van der Waals surface area contributed by atoms with Gasteiger partial charge in [-0.1, -0.05) is 17.7 Å². The molecule has 4 nitrogen and oxygen atoms in total. The first-order valence-corrected chi connectivity index (χ1v) is 6.91. The Labute approximate surface area is 122 Å². The van der Waals surface area contributed by atoms with Gasteiger partial charge in [-0.3, -0.25) is 4.79 Å². The van der Waals surface area contributed by atoms with Gasteiger partial charge in [0.2, 0.25) is 5.91 Å². The number of carbonyl (C=O) groups is 1. The Hall–Kier alpha value is -1.17. The highest BCUT2D eigenvalue weighted by molar-refractivity contribution is 6.31. The van der Waals surface area contributed by atoms with Crippen molar-refractivity contribution in [1.82, 2.24) is 5.32 Å². The molecule has 1 N–H and O–H groups in total. The largest absolute Gasteiger partial charge is 0.376 e. The number of rotatable bonds is 5. The van der Waals surface area contributed by atoms with Crippen molar-refractivity contribution < 1.29 is 18.7 Å². The summed E-state index contributed by atoms with van der Waals surface area (Å²) in [6.45, 7) is 3.30. The van der Waals surface area contributed by atoms with Crippen LogP contribution < -0.4 is 5.32 Å². The molecule has 6 heteroatoms. The summed E-state index contributed by atoms with van der Waals surface area (Å²) in [6, 6.07) is 4.16. The number of hydrogen-bond donors (Lipinski definition) is 1. The lowest BCUT2D eigenvalue weighted by Gasteiger charge is -2.19. The number of hydrogen-bond acceptors (Lipinski definition) is 3. The van der Waals surface area contributed by atoms with Crippen LogP contribution in [0.15, 0.2) is 18.2 Å². The van der Waals surface area contributed by atoms with Crippen LogP contribution in [-0.4, -0.2) is 37.9 Å². The van der Waals surface area contributed by atoms with Crippen LogP contribution in [-0.2, 0) is 20.7 Å². The van der Waals surface area contributed by atoms with Gasteiger partial charge in [0.05, 0.1) is 25.7 Å². The number of halogens is 2. The molecule has 0 radical (unpaired) electrons. The van der Waals surface area contributed by atoms with E-state index in [0.717, 1.165) is 0 Å². The highest BCUT2D eigenvalue weighted by Crippen LogP contribution is 2.19. The number of benzene rings is 1. The molecule has 0 aliphatic carbocycles. The molecule has 1 saturated heterocycles. The van der Waals surface area contributed by atoms with Gasteiger partial charge in [-0.05, 0) is 19.1 Å². The summed E-state index contributed by atoms with van der Waals surface area (Å²) >= 11 is 5.90. The predicted molar refractivity (Wildman–Crippen MR) is 73.3 cm³/mol. The molecule has 1 aliphatic heterocycles. The van der Waals surface area contributed by atoms with Crippen LogP contribution in [0.3, 0.4) is 0 Å². The van der Waals surface area contributed by atoms with Crippen LogP contribution in [0, 0.1) is 5.82 Å². The predicted octanol–water partition coefficient (Wildman–Crippen LogP) is 1.94. The monoisotopic (exact) mass is 301 g/mol. The molecule has 0 aromatic heterocycles. The summed E-state index contributed by atoms with van der Waals surface area (Å²) in [7, 11) is 0. The third-order valence-corrected chi connectivity index (χ3v) is 3.51. The summed E-state index contributed by atoms with van der Waals surface area (Å²) in [5, 5.41) is 3.06. The lowest BCUT2D eigenvalue weighted by Crippen LogP contribution is -2.44. The van der Waals surface area contributed by atoms with E-state index in [9.17, 15) is 9.18 Å². The fourth-order valence-electron chi connectivity index (χ4n) is 2.17. The first kappa shape index (κ1) is 15.2. The average Bonchev–Trinajstić information content (AvgIpc) is 2.82. The van der Waals surface area contributed by atoms with Gasteiger partial charge in [0.25, 0.3) is 0 Å². The minimum absolute atomic E-state index is 0.0964. The molecule has 0 bridgehead atoms. The molecule has 1 aromatic rings. The van der Waals surface area contributed by atoms with E-state index in [1.807, 2.05) is 6.92 Å². The van der Waals surface area contributed by atoms with Gasteiger partial charge in [0.1, 0.15) is 11.9 Å². The Balaban J connectivity index is 1.95. The zero-order valence-electron chi connectivity index (χ0n) is 11.2. The molecular weight excluding hydrogens is 285 g/mol. The summed E-state index contributed by atoms with van der Waals surface area (Å²) < 4.78 is 24.4. The third-order valence-electron chi connectivity index (χ3n) is 3.15. The Kier molecular flexibility index (Phi) is 5.34. The van der Waals surface area contributed by atoms with Crippen LogP contribution in [0.4, 0.5) is 4.39 Å². The van der Waals surface area contributed by atoms with E-state index in [-0.39, 0.29) is 35.1 Å². The highest BCUT2D eigenvalue weighted by atomic mass is 35.5. The van der Waals surface area contributed by atoms with Crippen molar-refractivity contribution >= 4 is 17.5 Å². The molecule has 20 heavy (non-hydrogen) atoms. The van der Waals surface area contributed by atoms with Gasteiger partial charge in [-0.15, -0.1) is 0 Å². The maximum atomic E-state index is 13.6. The van der Waals surface area contributed by atoms with E-state index in [1.165, 1.54) is 12.1 Å². The molecule has 1 amide bonds. The summed E-state index contributed by atoms with van der Waals surface area (Å²) in [5.41, 5.74) is 0.207. The zero-order chi connectivity index (χ0) is 14.5. The molecule has 1 aromatic carbocycles. The minimum Gasteiger partial charge on any atom is -0.376 e. The second-order valence-electron chi connectivity index (χ2n) is 4.58. The smallest absolute Gasteiger partial charge is 0.224 e. The first-order chi connectivity index (χ1) is 9.61. The van der Waals surface area contributed by atoms with Crippen LogP contribution in [0.5, 0.6) is 0 Å². The van der Waals surface area contributed by atoms with Gasteiger partial charge in [0, 0.05) is 17.2 Å². The second-order valence-corrected chi connectivity index (χ2v) is 4.99. The Morgan fingerprint density at radius 1 is 1.55 bits per heavy atom. The Bertz CT molecular complexity index is 463. The highest BCUT2D eigenvalue weighted by Gasteiger charge is 2.30. The van der Waals surface area contributed by atoms with E-state index in [1.54, 1.807) is 6.07 Å². The zero-order valence-corrected chi connectivity index (χ0v) is 12.0. The van der Waals surface area contributed by atoms with Crippen LogP contribution >= 0.6 is 11.6 Å². The molecule has 0 unspecified atom stereocenters. The average molecular weight is 302 g/mol. The molecule has 1 aliphatic rings. The molecule has 0 spiro atoms. The van der Waals surface area contributed by atoms with Gasteiger partial charge in [-0.25, -0.2) is 4.39 Å². The van der Waals surface area contributed by atoms with E-state index in [0.29, 0.717) is 19.8 Å². The number of nitrogens with one attached hydrogen (secondary N) is 1. The lowest BCUT2D eigenvalue weighted by molar-refractivity contribution is -0.122. The molecule has 1 fully saturated rings. The maximum Gasteiger partial charge on any atom is 0.224 e. The van der Waals surface area contributed by atoms with Crippen molar-refractivity contribution in [2.24, 2.45) is 0 Å². The molecule has 110 valence electrons. The molecule has 1 heterocycles. The van der Waals surface area contributed by atoms with Crippen LogP contribution in [0.1, 0.15) is 12.5 Å². The van der Waals surface area contributed by atoms with E-state index in [4.69, 9.17) is 21.1 Å². The number of amides is 1. The van der Waals surface area contributed by atoms with E-state index < -0.39 is 5.82 Å². The third kappa shape index (κ3) is 3.69. The van der Waals surface area contributed by atoms with E-state index >= 15 is 0 Å². The quantitative estimate of drug-likeness (QED) is 0.904. The van der Waals surface area contributed by atoms with E-state index in [2.05, 4.69) is 5.32 Å². The van der Waals surface area contributed by atoms with Crippen LogP contribution in [0.25, 0.3) is 0 Å². The second kappa shape index (κ2) is 7.02. The fourth-order valence-corrected chi connectivity index (χ4v) is 2.40. The van der Waals surface area contributed by atoms with Gasteiger partial charge in [-0.2, -0.15) is 0 Å². The summed E-state index contributed by atoms with van der Waals surface area (Å²) in [4.78, 5) is 12.0. The summed E-state index contributed by atoms with van der Waals surface area (Å²) in [6.07, 6.45) is -0.249. The van der Waals surface area contributed by atoms with Crippen molar-refractivity contribution in [1.29, 1.82) is 0 Å². The number of carbonyl (C=O) groups excluding carboxylic acids is 1. The fraction of sp³-hybridized carbons (Fsp3) is 0.500.